The van der Waals surface area contributed by atoms with Crippen molar-refractivity contribution in [3.05, 3.63) is 198 Å². The average Bonchev–Trinajstić information content (AvgIpc) is 0.809. The lowest BCUT2D eigenvalue weighted by atomic mass is 9.54. The largest absolute Gasteiger partial charge is 0.507 e. The Morgan fingerprint density at radius 2 is 1.39 bits per heavy atom. The number of ether oxygens (including phenoxy) is 3. The second-order valence-corrected chi connectivity index (χ2v) is 31.0. The molecule has 542 valence electrons. The van der Waals surface area contributed by atoms with E-state index >= 15 is 0 Å². The third kappa shape index (κ3) is 14.9. The summed E-state index contributed by atoms with van der Waals surface area (Å²) in [5, 5.41) is 55.2. The fraction of sp³-hybridized carbons (Fsp3) is 0.440. The molecule has 0 spiro atoms. The van der Waals surface area contributed by atoms with Gasteiger partial charge in [-0.3, -0.25) is 33.8 Å². The number of hydrogen-bond donors (Lipinski definition) is 7. The molecular weight excluding hydrogens is 1410 g/mol. The van der Waals surface area contributed by atoms with Crippen LogP contribution >= 0.6 is 22.6 Å². The summed E-state index contributed by atoms with van der Waals surface area (Å²) in [6, 6.07) is 40.4. The number of nitrogens with two attached hydrogens (primary N) is 1. The van der Waals surface area contributed by atoms with E-state index in [1.54, 1.807) is 19.1 Å². The van der Waals surface area contributed by atoms with Crippen molar-refractivity contribution in [1.82, 2.24) is 19.7 Å². The molecule has 7 aliphatic carbocycles. The molecule has 18 nitrogen and oxygen atoms in total. The highest BCUT2D eigenvalue weighted by atomic mass is 127. The predicted octanol–water partition coefficient (Wildman–Crippen LogP) is 12.2. The second kappa shape index (κ2) is 30.8. The van der Waals surface area contributed by atoms with Crippen LogP contribution in [0.5, 0.6) is 17.2 Å². The van der Waals surface area contributed by atoms with Gasteiger partial charge in [0.2, 0.25) is 5.91 Å². The Hall–Kier alpha value is -7.70. The van der Waals surface area contributed by atoms with Crippen molar-refractivity contribution in [3.8, 4) is 17.2 Å². The number of aliphatic hydroxyl groups excluding tert-OH is 1. The number of aromatic nitrogens is 1. The summed E-state index contributed by atoms with van der Waals surface area (Å²) in [4.78, 5) is 73.7. The van der Waals surface area contributed by atoms with Gasteiger partial charge < -0.3 is 55.4 Å². The van der Waals surface area contributed by atoms with Crippen LogP contribution in [0.15, 0.2) is 134 Å². The van der Waals surface area contributed by atoms with Gasteiger partial charge in [-0.2, -0.15) is 0 Å². The molecule has 0 radical (unpaired) electrons. The Bertz CT molecular complexity index is 4380. The van der Waals surface area contributed by atoms with Gasteiger partial charge in [0.15, 0.2) is 23.6 Å². The van der Waals surface area contributed by atoms with Gasteiger partial charge in [0.1, 0.15) is 35.2 Å². The zero-order valence-electron chi connectivity index (χ0n) is 59.7. The van der Waals surface area contributed by atoms with E-state index in [1.165, 1.54) is 104 Å². The van der Waals surface area contributed by atoms with Crippen LogP contribution in [0.4, 0.5) is 0 Å². The van der Waals surface area contributed by atoms with E-state index in [0.29, 0.717) is 17.7 Å². The molecule has 4 saturated carbocycles. The molecule has 2 saturated heterocycles. The molecule has 1 amide bonds. The Morgan fingerprint density at radius 3 is 2.00 bits per heavy atom. The van der Waals surface area contributed by atoms with Crippen molar-refractivity contribution in [2.45, 2.75) is 160 Å². The topological polar surface area (TPSA) is 266 Å². The van der Waals surface area contributed by atoms with E-state index in [4.69, 9.17) is 19.9 Å². The molecule has 8 N–H and O–H groups in total. The SMILES string of the molecule is CC(=O)[C@]1(O)Cc2c(O)c3c(c(O)c2[C@@H](O[C@H]2C[C@H](N)[C@H](O)[C@H](C)O2)C1)C(=O)c1ccccc1C3=O.CC/C(=C(\c1ccc(I)cc1)c1ccc(OCCN2CCCC2)cc1)c1ccccc1.CCN(CC)C(=O)[C@@H]1C=C2c3cccc4[nH]cc(c34)C[C@H]2N(C)C1.O=C1C2CC3CC1CC(O)(C3)C2. The van der Waals surface area contributed by atoms with Gasteiger partial charge in [-0.15, -0.1) is 0 Å². The van der Waals surface area contributed by atoms with Crippen molar-refractivity contribution >= 4 is 79.3 Å². The number of phenols is 2. The molecule has 6 fully saturated rings. The first-order valence-corrected chi connectivity index (χ1v) is 37.9. The number of allylic oxidation sites excluding steroid dienone is 1. The highest BCUT2D eigenvalue weighted by Gasteiger charge is 2.55. The van der Waals surface area contributed by atoms with Crippen LogP contribution in [0.3, 0.4) is 0 Å². The Balaban J connectivity index is 0.000000129. The Labute approximate surface area is 616 Å². The lowest BCUT2D eigenvalue weighted by molar-refractivity contribution is -0.247. The van der Waals surface area contributed by atoms with Gasteiger partial charge in [-0.1, -0.05) is 104 Å². The monoisotopic (exact) mass is 1510 g/mol. The number of phenolic OH excluding ortho intramolecular Hbond substituents is 2. The summed E-state index contributed by atoms with van der Waals surface area (Å²) >= 11 is 2.37. The number of benzene rings is 6. The molecule has 1 aromatic heterocycles. The number of fused-ring (bicyclic) bond motifs is 5. The number of ketones is 4. The first kappa shape index (κ1) is 73.6. The van der Waals surface area contributed by atoms with Crippen molar-refractivity contribution < 1.29 is 63.7 Å². The number of rotatable bonds is 14. The van der Waals surface area contributed by atoms with E-state index in [-0.39, 0.29) is 69.9 Å². The van der Waals surface area contributed by atoms with Crippen molar-refractivity contribution in [1.29, 1.82) is 0 Å². The van der Waals surface area contributed by atoms with Gasteiger partial charge in [-0.25, -0.2) is 0 Å². The van der Waals surface area contributed by atoms with Gasteiger partial charge in [0.25, 0.3) is 0 Å². The quantitative estimate of drug-likeness (QED) is 0.0303. The van der Waals surface area contributed by atoms with Gasteiger partial charge >= 0.3 is 0 Å². The van der Waals surface area contributed by atoms with Gasteiger partial charge in [-0.05, 0) is 209 Å². The summed E-state index contributed by atoms with van der Waals surface area (Å²) in [5.74, 6) is -0.341. The maximum atomic E-state index is 13.3. The number of aliphatic hydroxyl groups is 3. The highest BCUT2D eigenvalue weighted by molar-refractivity contribution is 14.1. The zero-order chi connectivity index (χ0) is 72.8. The number of aromatic amines is 1. The standard InChI is InChI=1S/C28H30INO.C26H27NO9.C20H25N3O.C10H14O2/c1-2-27(22-8-4-3-5-9-22)28(23-10-14-25(29)15-11-23)24-12-16-26(17-13-24)31-21-20-30-18-6-7-19-30;1-10-21(29)15(27)7-17(35-10)36-16-9-26(34,11(2)28)8-14-18(16)25(33)20-19(24(14)32)22(30)12-5-3-4-6-13(12)23(20)31;1-4-23(5-2)20(24)14-9-16-15-7-6-8-17-19(15)13(11-21-17)10-18(16)22(3)12-14;11-9-7-1-6-2-8(9)5-10(12,3-6)4-7/h3-5,8-17H,2,6-7,18-21H2,1H3;3-6,10,15-17,21,29,32-34H,7-9,27H2,1-2H3;6-9,11,14,18,21H,4-5,10,12H2,1-3H3;6-8,12H,1-5H2/b28-27-;;;/t;10-,15-,16-,17-,21+,26-;14-,18-;/m.01./s1. The fourth-order valence-corrected chi connectivity index (χ4v) is 18.2. The molecule has 17 rings (SSSR count). The van der Waals surface area contributed by atoms with Gasteiger partial charge in [0, 0.05) is 112 Å². The number of carbonyl (C=O) groups is 5. The molecule has 19 heteroatoms. The third-order valence-corrected chi connectivity index (χ3v) is 23.8. The summed E-state index contributed by atoms with van der Waals surface area (Å²) in [7, 11) is 2.15. The molecular formula is C84H96IN5O13. The maximum absolute atomic E-state index is 13.3. The summed E-state index contributed by atoms with van der Waals surface area (Å²) in [6.45, 7) is 15.7. The van der Waals surface area contributed by atoms with E-state index in [0.717, 1.165) is 83.5 Å². The summed E-state index contributed by atoms with van der Waals surface area (Å²) in [5.41, 5.74) is 14.6. The van der Waals surface area contributed by atoms with Crippen LogP contribution in [0.1, 0.15) is 176 Å². The minimum absolute atomic E-state index is 0.00588. The smallest absolute Gasteiger partial charge is 0.230 e. The molecule has 10 atom stereocenters. The normalized spacial score (nSPS) is 27.4. The number of nitrogens with one attached hydrogen (secondary N) is 1. The number of likely N-dealkylation sites (tertiary alicyclic amines) is 1. The maximum Gasteiger partial charge on any atom is 0.230 e. The molecule has 103 heavy (non-hydrogen) atoms. The van der Waals surface area contributed by atoms with Crippen molar-refractivity contribution in [2.24, 2.45) is 29.4 Å². The molecule has 2 unspecified atom stereocenters. The third-order valence-electron chi connectivity index (χ3n) is 23.0. The van der Waals surface area contributed by atoms with Crippen molar-refractivity contribution in [2.75, 3.05) is 52.9 Å². The van der Waals surface area contributed by atoms with E-state index in [9.17, 15) is 49.5 Å². The zero-order valence-corrected chi connectivity index (χ0v) is 61.9. The minimum atomic E-state index is -1.97. The minimum Gasteiger partial charge on any atom is -0.507 e. The van der Waals surface area contributed by atoms with Crippen LogP contribution in [-0.2, 0) is 36.7 Å². The van der Waals surface area contributed by atoms with Crippen LogP contribution in [-0.4, -0.2) is 169 Å². The molecule has 7 aromatic rings. The van der Waals surface area contributed by atoms with E-state index in [2.05, 4.69) is 175 Å². The molecule has 3 aliphatic heterocycles. The van der Waals surface area contributed by atoms with Crippen LogP contribution in [0.25, 0.3) is 27.6 Å². The fourth-order valence-electron chi connectivity index (χ4n) is 17.8. The number of halogens is 1. The first-order chi connectivity index (χ1) is 49.5. The molecule has 6 aromatic carbocycles. The number of carbonyl (C=O) groups excluding carboxylic acids is 5. The Morgan fingerprint density at radius 1 is 0.767 bits per heavy atom. The summed E-state index contributed by atoms with van der Waals surface area (Å²) < 4.78 is 19.0. The number of nitrogens with zero attached hydrogens (tertiary/aromatic N) is 3. The molecule has 10 aliphatic rings. The lowest BCUT2D eigenvalue weighted by Crippen LogP contribution is -2.54. The second-order valence-electron chi connectivity index (χ2n) is 29.7. The highest BCUT2D eigenvalue weighted by Crippen LogP contribution is 2.55. The average molecular weight is 1510 g/mol. The number of Topliss-reactive ketones (excluding diaryl/α,β-unsaturated/α-hetero) is 2. The lowest BCUT2D eigenvalue weighted by Gasteiger charge is -2.53. The summed E-state index contributed by atoms with van der Waals surface area (Å²) in [6.07, 6.45) is 9.28. The number of aromatic hydroxyl groups is 2. The van der Waals surface area contributed by atoms with Crippen LogP contribution < -0.4 is 10.5 Å². The molecule has 4 bridgehead atoms. The van der Waals surface area contributed by atoms with Gasteiger partial charge in [0.05, 0.1) is 41.0 Å². The predicted molar refractivity (Wildman–Crippen MR) is 405 cm³/mol. The number of likely N-dealkylation sites (N-methyl/N-ethyl adjacent to an activating group) is 1. The Kier molecular flexibility index (Phi) is 22.0. The van der Waals surface area contributed by atoms with E-state index in [1.807, 2.05) is 4.90 Å². The first-order valence-electron chi connectivity index (χ1n) is 36.8. The number of H-pyrrole nitrogens is 1. The number of hydrogen-bond acceptors (Lipinski definition) is 16. The molecule has 4 heterocycles. The van der Waals surface area contributed by atoms with Crippen molar-refractivity contribution in [3.63, 3.8) is 0 Å². The van der Waals surface area contributed by atoms with Crippen LogP contribution in [0, 0.1) is 27.2 Å². The van der Waals surface area contributed by atoms with E-state index < -0.39 is 77.1 Å². The number of amides is 1. The van der Waals surface area contributed by atoms with Crippen LogP contribution in [0.2, 0.25) is 0 Å².